The van der Waals surface area contributed by atoms with Crippen LogP contribution in [0.4, 0.5) is 0 Å². The Labute approximate surface area is 178 Å². The van der Waals surface area contributed by atoms with Crippen molar-refractivity contribution in [2.24, 2.45) is 7.05 Å². The standard InChI is InChI=1S/C22H22N6O3/c1-28-13-20(26-27-28)17-3-2-14(12-23-17)10-15-11-19(25-18-6-9-31-21(15)18)22(29)24-16-4-7-30-8-5-16/h2-3,6,9,11-13,16H,4-5,7-8,10H2,1H3,(H,24,29). The maximum absolute atomic E-state index is 12.8. The molecule has 5 rings (SSSR count). The molecule has 0 spiro atoms. The quantitative estimate of drug-likeness (QED) is 0.530. The van der Waals surface area contributed by atoms with E-state index in [1.54, 1.807) is 29.3 Å². The van der Waals surface area contributed by atoms with E-state index >= 15 is 0 Å². The molecule has 0 bridgehead atoms. The largest absolute Gasteiger partial charge is 0.462 e. The van der Waals surface area contributed by atoms with Gasteiger partial charge in [-0.15, -0.1) is 5.10 Å². The monoisotopic (exact) mass is 418 g/mol. The number of rotatable bonds is 5. The molecule has 1 aliphatic rings. The second-order valence-electron chi connectivity index (χ2n) is 7.67. The summed E-state index contributed by atoms with van der Waals surface area (Å²) in [5.41, 5.74) is 5.09. The van der Waals surface area contributed by atoms with Crippen molar-refractivity contribution in [3.8, 4) is 11.4 Å². The Morgan fingerprint density at radius 2 is 2.10 bits per heavy atom. The van der Waals surface area contributed by atoms with Gasteiger partial charge in [0.25, 0.3) is 5.91 Å². The molecular weight excluding hydrogens is 396 g/mol. The van der Waals surface area contributed by atoms with E-state index in [0.717, 1.165) is 35.4 Å². The number of hydrogen-bond acceptors (Lipinski definition) is 7. The van der Waals surface area contributed by atoms with Crippen molar-refractivity contribution in [2.45, 2.75) is 25.3 Å². The highest BCUT2D eigenvalue weighted by Crippen LogP contribution is 2.23. The van der Waals surface area contributed by atoms with Crippen LogP contribution in [-0.4, -0.2) is 50.1 Å². The average Bonchev–Trinajstić information content (AvgIpc) is 3.44. The van der Waals surface area contributed by atoms with Gasteiger partial charge in [-0.3, -0.25) is 14.5 Å². The normalized spacial score (nSPS) is 14.7. The predicted molar refractivity (Wildman–Crippen MR) is 112 cm³/mol. The molecule has 9 nitrogen and oxygen atoms in total. The van der Waals surface area contributed by atoms with Crippen molar-refractivity contribution in [3.63, 3.8) is 0 Å². The Morgan fingerprint density at radius 1 is 1.23 bits per heavy atom. The van der Waals surface area contributed by atoms with Gasteiger partial charge in [0.2, 0.25) is 0 Å². The average molecular weight is 418 g/mol. The molecule has 0 radical (unpaired) electrons. The van der Waals surface area contributed by atoms with E-state index in [1.807, 2.05) is 25.4 Å². The van der Waals surface area contributed by atoms with Crippen LogP contribution in [-0.2, 0) is 18.2 Å². The lowest BCUT2D eigenvalue weighted by Gasteiger charge is -2.23. The van der Waals surface area contributed by atoms with Crippen molar-refractivity contribution in [2.75, 3.05) is 13.2 Å². The molecule has 0 atom stereocenters. The predicted octanol–water partition coefficient (Wildman–Crippen LogP) is 2.52. The van der Waals surface area contributed by atoms with Crippen LogP contribution >= 0.6 is 0 Å². The third-order valence-electron chi connectivity index (χ3n) is 5.36. The summed E-state index contributed by atoms with van der Waals surface area (Å²) in [7, 11) is 1.82. The van der Waals surface area contributed by atoms with Crippen LogP contribution in [0.1, 0.15) is 34.5 Å². The van der Waals surface area contributed by atoms with E-state index in [1.165, 1.54) is 0 Å². The van der Waals surface area contributed by atoms with Crippen molar-refractivity contribution in [1.29, 1.82) is 0 Å². The van der Waals surface area contributed by atoms with Gasteiger partial charge in [0, 0.05) is 50.6 Å². The number of amides is 1. The van der Waals surface area contributed by atoms with Gasteiger partial charge < -0.3 is 14.5 Å². The van der Waals surface area contributed by atoms with Gasteiger partial charge >= 0.3 is 0 Å². The number of pyridine rings is 2. The van der Waals surface area contributed by atoms with Crippen LogP contribution in [0.25, 0.3) is 22.5 Å². The number of nitrogens with one attached hydrogen (secondary N) is 1. The molecule has 0 saturated carbocycles. The zero-order valence-electron chi connectivity index (χ0n) is 17.1. The van der Waals surface area contributed by atoms with Crippen LogP contribution in [0.2, 0.25) is 0 Å². The minimum atomic E-state index is -0.174. The molecule has 31 heavy (non-hydrogen) atoms. The van der Waals surface area contributed by atoms with E-state index in [0.29, 0.717) is 36.4 Å². The first-order valence-corrected chi connectivity index (χ1v) is 10.2. The van der Waals surface area contributed by atoms with Crippen LogP contribution < -0.4 is 5.32 Å². The highest BCUT2D eigenvalue weighted by Gasteiger charge is 2.20. The topological polar surface area (TPSA) is 108 Å². The van der Waals surface area contributed by atoms with Gasteiger partial charge in [-0.2, -0.15) is 0 Å². The summed E-state index contributed by atoms with van der Waals surface area (Å²) < 4.78 is 12.7. The van der Waals surface area contributed by atoms with E-state index in [2.05, 4.69) is 25.6 Å². The van der Waals surface area contributed by atoms with Crippen molar-refractivity contribution < 1.29 is 13.9 Å². The highest BCUT2D eigenvalue weighted by molar-refractivity contribution is 5.95. The Bertz CT molecular complexity index is 1210. The molecule has 0 aliphatic carbocycles. The van der Waals surface area contributed by atoms with E-state index in [4.69, 9.17) is 9.15 Å². The molecular formula is C22H22N6O3. The summed E-state index contributed by atoms with van der Waals surface area (Å²) in [4.78, 5) is 21.8. The lowest BCUT2D eigenvalue weighted by molar-refractivity contribution is 0.0694. The third-order valence-corrected chi connectivity index (χ3v) is 5.36. The van der Waals surface area contributed by atoms with Crippen molar-refractivity contribution in [3.05, 3.63) is 59.7 Å². The molecule has 4 aromatic heterocycles. The molecule has 1 fully saturated rings. The van der Waals surface area contributed by atoms with Gasteiger partial charge in [-0.1, -0.05) is 11.3 Å². The second-order valence-corrected chi connectivity index (χ2v) is 7.67. The SMILES string of the molecule is Cn1cc(-c2ccc(Cc3cc(C(=O)NC4CCOCC4)nc4ccoc34)cn2)nn1. The summed E-state index contributed by atoms with van der Waals surface area (Å²) in [6.07, 6.45) is 7.42. The number of nitrogens with zero attached hydrogens (tertiary/aromatic N) is 5. The number of carbonyl (C=O) groups is 1. The molecule has 0 unspecified atom stereocenters. The summed E-state index contributed by atoms with van der Waals surface area (Å²) in [5, 5.41) is 11.1. The van der Waals surface area contributed by atoms with Crippen LogP contribution in [0.3, 0.4) is 0 Å². The number of hydrogen-bond donors (Lipinski definition) is 1. The minimum Gasteiger partial charge on any atom is -0.462 e. The van der Waals surface area contributed by atoms with E-state index in [9.17, 15) is 4.79 Å². The lowest BCUT2D eigenvalue weighted by atomic mass is 10.0. The summed E-state index contributed by atoms with van der Waals surface area (Å²) in [6.45, 7) is 1.34. The molecule has 9 heteroatoms. The van der Waals surface area contributed by atoms with Gasteiger partial charge in [0.15, 0.2) is 5.58 Å². The van der Waals surface area contributed by atoms with E-state index in [-0.39, 0.29) is 11.9 Å². The first-order chi connectivity index (χ1) is 15.2. The fourth-order valence-corrected chi connectivity index (χ4v) is 3.74. The number of ether oxygens (including phenoxy) is 1. The third kappa shape index (κ3) is 4.17. The minimum absolute atomic E-state index is 0.115. The Morgan fingerprint density at radius 3 is 2.84 bits per heavy atom. The Balaban J connectivity index is 1.38. The highest BCUT2D eigenvalue weighted by atomic mass is 16.5. The number of aromatic nitrogens is 5. The fourth-order valence-electron chi connectivity index (χ4n) is 3.74. The zero-order chi connectivity index (χ0) is 21.2. The summed E-state index contributed by atoms with van der Waals surface area (Å²) in [5.74, 6) is -0.174. The number of carbonyl (C=O) groups excluding carboxylic acids is 1. The van der Waals surface area contributed by atoms with Gasteiger partial charge in [-0.25, -0.2) is 4.98 Å². The number of furan rings is 1. The van der Waals surface area contributed by atoms with Crippen LogP contribution in [0.15, 0.2) is 47.3 Å². The van der Waals surface area contributed by atoms with Gasteiger partial charge in [0.1, 0.15) is 16.9 Å². The van der Waals surface area contributed by atoms with Gasteiger partial charge in [0.05, 0.1) is 18.2 Å². The second kappa shape index (κ2) is 8.27. The number of aryl methyl sites for hydroxylation is 1. The first kappa shape index (κ1) is 19.4. The Kier molecular flexibility index (Phi) is 5.17. The van der Waals surface area contributed by atoms with Crippen molar-refractivity contribution >= 4 is 17.0 Å². The van der Waals surface area contributed by atoms with Crippen LogP contribution in [0.5, 0.6) is 0 Å². The maximum Gasteiger partial charge on any atom is 0.270 e. The lowest BCUT2D eigenvalue weighted by Crippen LogP contribution is -2.39. The van der Waals surface area contributed by atoms with Crippen LogP contribution in [0, 0.1) is 0 Å². The molecule has 158 valence electrons. The molecule has 1 saturated heterocycles. The molecule has 5 heterocycles. The number of fused-ring (bicyclic) bond motifs is 1. The zero-order valence-corrected chi connectivity index (χ0v) is 17.1. The van der Waals surface area contributed by atoms with Gasteiger partial charge in [-0.05, 0) is 30.5 Å². The molecule has 4 aromatic rings. The molecule has 0 aromatic carbocycles. The Hall–Kier alpha value is -3.59. The first-order valence-electron chi connectivity index (χ1n) is 10.2. The van der Waals surface area contributed by atoms with Crippen molar-refractivity contribution in [1.82, 2.24) is 30.3 Å². The maximum atomic E-state index is 12.8. The van der Waals surface area contributed by atoms with E-state index < -0.39 is 0 Å². The smallest absolute Gasteiger partial charge is 0.270 e. The molecule has 1 amide bonds. The molecule has 1 aliphatic heterocycles. The molecule has 1 N–H and O–H groups in total. The summed E-state index contributed by atoms with van der Waals surface area (Å²) in [6, 6.07) is 7.60. The fraction of sp³-hybridized carbons (Fsp3) is 0.318. The summed E-state index contributed by atoms with van der Waals surface area (Å²) >= 11 is 0.